The summed E-state index contributed by atoms with van der Waals surface area (Å²) in [5.74, 6) is -0.320. The highest BCUT2D eigenvalue weighted by molar-refractivity contribution is 7.85. The van der Waals surface area contributed by atoms with Gasteiger partial charge in [-0.3, -0.25) is 4.55 Å². The van der Waals surface area contributed by atoms with E-state index in [2.05, 4.69) is 6.58 Å². The van der Waals surface area contributed by atoms with Gasteiger partial charge in [0, 0.05) is 0 Å². The van der Waals surface area contributed by atoms with Crippen LogP contribution >= 0.6 is 0 Å². The van der Waals surface area contributed by atoms with Gasteiger partial charge >= 0.3 is 0 Å². The molecule has 0 spiro atoms. The molecule has 0 amide bonds. The zero-order valence-corrected chi connectivity index (χ0v) is 7.47. The Hall–Kier alpha value is -0.350. The predicted molar refractivity (Wildman–Crippen MR) is 45.0 cm³/mol. The maximum atomic E-state index is 10.4. The molecule has 1 atom stereocenters. The highest BCUT2D eigenvalue weighted by atomic mass is 32.2. The highest BCUT2D eigenvalue weighted by Gasteiger charge is 2.12. The molecule has 1 unspecified atom stereocenters. The summed E-state index contributed by atoms with van der Waals surface area (Å²) < 4.78 is 29.2. The Morgan fingerprint density at radius 1 is 1.64 bits per heavy atom. The van der Waals surface area contributed by atoms with Crippen LogP contribution in [0.1, 0.15) is 19.8 Å². The Balaban J connectivity index is 3.98. The van der Waals surface area contributed by atoms with Crippen molar-refractivity contribution in [2.24, 2.45) is 5.92 Å². The Kier molecular flexibility index (Phi) is 4.37. The molecule has 0 aromatic rings. The lowest BCUT2D eigenvalue weighted by Gasteiger charge is -2.07. The van der Waals surface area contributed by atoms with Crippen molar-refractivity contribution in [3.05, 3.63) is 12.7 Å². The van der Waals surface area contributed by atoms with Gasteiger partial charge in [-0.05, 0) is 12.3 Å². The van der Waals surface area contributed by atoms with Crippen LogP contribution < -0.4 is 0 Å². The van der Waals surface area contributed by atoms with Gasteiger partial charge in [0.2, 0.25) is 0 Å². The molecule has 66 valence electrons. The fourth-order valence-electron chi connectivity index (χ4n) is 0.911. The topological polar surface area (TPSA) is 54.4 Å². The second-order valence-electron chi connectivity index (χ2n) is 2.53. The molecule has 0 aliphatic rings. The van der Waals surface area contributed by atoms with Crippen molar-refractivity contribution in [3.8, 4) is 0 Å². The molecular weight excluding hydrogens is 164 g/mol. The molecular formula is C7H14O3S. The third-order valence-electron chi connectivity index (χ3n) is 1.42. The molecule has 0 aliphatic heterocycles. The molecule has 0 rings (SSSR count). The lowest BCUT2D eigenvalue weighted by atomic mass is 10.1. The van der Waals surface area contributed by atoms with Gasteiger partial charge in [-0.25, -0.2) is 0 Å². The van der Waals surface area contributed by atoms with Crippen molar-refractivity contribution in [2.75, 3.05) is 5.75 Å². The summed E-state index contributed by atoms with van der Waals surface area (Å²) in [6.45, 7) is 5.45. The summed E-state index contributed by atoms with van der Waals surface area (Å²) in [6.07, 6.45) is 3.22. The molecule has 11 heavy (non-hydrogen) atoms. The van der Waals surface area contributed by atoms with E-state index in [4.69, 9.17) is 4.55 Å². The molecule has 0 aromatic carbocycles. The number of allylic oxidation sites excluding steroid dienone is 1. The van der Waals surface area contributed by atoms with Gasteiger partial charge < -0.3 is 0 Å². The first kappa shape index (κ1) is 10.7. The van der Waals surface area contributed by atoms with Crippen molar-refractivity contribution in [1.82, 2.24) is 0 Å². The Bertz CT molecular complexity index is 206. The second-order valence-corrected chi connectivity index (χ2v) is 4.03. The molecule has 1 N–H and O–H groups in total. The maximum Gasteiger partial charge on any atom is 0.265 e. The molecule has 0 heterocycles. The number of hydrogen-bond donors (Lipinski definition) is 1. The minimum absolute atomic E-state index is 0.116. The van der Waals surface area contributed by atoms with Crippen LogP contribution in [0.4, 0.5) is 0 Å². The van der Waals surface area contributed by atoms with E-state index in [9.17, 15) is 8.42 Å². The first-order valence-corrected chi connectivity index (χ1v) is 5.18. The molecule has 3 nitrogen and oxygen atoms in total. The van der Waals surface area contributed by atoms with Crippen molar-refractivity contribution >= 4 is 10.1 Å². The van der Waals surface area contributed by atoms with E-state index in [1.807, 2.05) is 6.92 Å². The van der Waals surface area contributed by atoms with Crippen LogP contribution in [0.25, 0.3) is 0 Å². The van der Waals surface area contributed by atoms with Crippen LogP contribution in [0.2, 0.25) is 0 Å². The van der Waals surface area contributed by atoms with Crippen LogP contribution in [0.3, 0.4) is 0 Å². The van der Waals surface area contributed by atoms with Gasteiger partial charge in [-0.15, -0.1) is 6.58 Å². The lowest BCUT2D eigenvalue weighted by molar-refractivity contribution is 0.470. The van der Waals surface area contributed by atoms with E-state index >= 15 is 0 Å². The van der Waals surface area contributed by atoms with Crippen LogP contribution in [-0.2, 0) is 10.1 Å². The van der Waals surface area contributed by atoms with Gasteiger partial charge in [0.05, 0.1) is 5.75 Å². The summed E-state index contributed by atoms with van der Waals surface area (Å²) in [4.78, 5) is 0. The Morgan fingerprint density at radius 2 is 2.18 bits per heavy atom. The monoisotopic (exact) mass is 178 g/mol. The molecule has 0 saturated heterocycles. The molecule has 0 aromatic heterocycles. The van der Waals surface area contributed by atoms with Crippen molar-refractivity contribution in [2.45, 2.75) is 19.8 Å². The Morgan fingerprint density at radius 3 is 2.45 bits per heavy atom. The first-order valence-electron chi connectivity index (χ1n) is 3.57. The lowest BCUT2D eigenvalue weighted by Crippen LogP contribution is -2.12. The van der Waals surface area contributed by atoms with Gasteiger partial charge in [0.15, 0.2) is 0 Å². The van der Waals surface area contributed by atoms with Crippen LogP contribution in [0.15, 0.2) is 12.7 Å². The van der Waals surface area contributed by atoms with Gasteiger partial charge in [-0.2, -0.15) is 8.42 Å². The van der Waals surface area contributed by atoms with Crippen LogP contribution in [-0.4, -0.2) is 18.7 Å². The average molecular weight is 178 g/mol. The summed E-state index contributed by atoms with van der Waals surface area (Å²) in [5, 5.41) is 0. The maximum absolute atomic E-state index is 10.4. The molecule has 0 aliphatic carbocycles. The summed E-state index contributed by atoms with van der Waals surface area (Å²) in [6, 6.07) is 0. The van der Waals surface area contributed by atoms with Crippen LogP contribution in [0.5, 0.6) is 0 Å². The van der Waals surface area contributed by atoms with E-state index in [1.165, 1.54) is 0 Å². The largest absolute Gasteiger partial charge is 0.286 e. The highest BCUT2D eigenvalue weighted by Crippen LogP contribution is 2.09. The molecule has 0 radical (unpaired) electrons. The Labute approximate surface area is 67.9 Å². The smallest absolute Gasteiger partial charge is 0.265 e. The second kappa shape index (κ2) is 4.51. The standard InChI is InChI=1S/C7H14O3S/c1-3-5-7(4-2)6-11(8,9)10/h4,7H,2-3,5-6H2,1H3,(H,8,9,10). The van der Waals surface area contributed by atoms with Gasteiger partial charge in [0.1, 0.15) is 0 Å². The fraction of sp³-hybridized carbons (Fsp3) is 0.714. The van der Waals surface area contributed by atoms with Crippen LogP contribution in [0, 0.1) is 5.92 Å². The van der Waals surface area contributed by atoms with E-state index < -0.39 is 10.1 Å². The van der Waals surface area contributed by atoms with Crippen molar-refractivity contribution < 1.29 is 13.0 Å². The van der Waals surface area contributed by atoms with E-state index in [-0.39, 0.29) is 11.7 Å². The van der Waals surface area contributed by atoms with Crippen molar-refractivity contribution in [3.63, 3.8) is 0 Å². The van der Waals surface area contributed by atoms with Crippen molar-refractivity contribution in [1.29, 1.82) is 0 Å². The fourth-order valence-corrected chi connectivity index (χ4v) is 1.75. The molecule has 4 heteroatoms. The summed E-state index contributed by atoms with van der Waals surface area (Å²) in [7, 11) is -3.83. The van der Waals surface area contributed by atoms with E-state index in [1.54, 1.807) is 6.08 Å². The minimum atomic E-state index is -3.83. The summed E-state index contributed by atoms with van der Waals surface area (Å²) >= 11 is 0. The third-order valence-corrected chi connectivity index (χ3v) is 2.27. The molecule has 0 saturated carbocycles. The van der Waals surface area contributed by atoms with E-state index in [0.717, 1.165) is 12.8 Å². The minimum Gasteiger partial charge on any atom is -0.286 e. The van der Waals surface area contributed by atoms with Gasteiger partial charge in [0.25, 0.3) is 10.1 Å². The quantitative estimate of drug-likeness (QED) is 0.512. The van der Waals surface area contributed by atoms with E-state index in [0.29, 0.717) is 0 Å². The number of hydrogen-bond acceptors (Lipinski definition) is 2. The number of rotatable bonds is 5. The zero-order valence-electron chi connectivity index (χ0n) is 6.66. The van der Waals surface area contributed by atoms with Gasteiger partial charge in [-0.1, -0.05) is 19.4 Å². The third kappa shape index (κ3) is 6.06. The molecule has 0 bridgehead atoms. The average Bonchev–Trinajstić information content (AvgIpc) is 1.84. The first-order chi connectivity index (χ1) is 4.99. The SMILES string of the molecule is C=CC(CCC)CS(=O)(=O)O. The molecule has 0 fully saturated rings. The zero-order chi connectivity index (χ0) is 8.91. The predicted octanol–water partition coefficient (Wildman–Crippen LogP) is 1.48. The summed E-state index contributed by atoms with van der Waals surface area (Å²) in [5.41, 5.74) is 0. The normalized spacial score (nSPS) is 14.4.